The predicted octanol–water partition coefficient (Wildman–Crippen LogP) is 7.05. The first-order chi connectivity index (χ1) is 46.6. The molecule has 9 heterocycles. The van der Waals surface area contributed by atoms with Gasteiger partial charge in [0.1, 0.15) is 110 Å². The Morgan fingerprint density at radius 2 is 0.798 bits per heavy atom. The number of fused-ring (bicyclic) bond motifs is 6. The SMILES string of the molecule is C.CC(=O)O[C@H]1CO[C@H]2[C@@H]1N(C(=O)OC(C)(C)C)C[C@H]2O.CC(=O)O[C@H]1CO[C@H]2[C@@H]1N(C(=O)OC(C)(C)C)C[C@H]2OCc1ccccc1.CC1(C)O[C@H]2O[C@H]3[C@@H]([C@H]2O1)N(C(=O)OCc1ccccc1)C[C@H]3O.O=C(OCc1ccccc1)N1C[C@@H](OCc2ccccc2)[C@H]2OC[C@H](O)[C@H]21. The van der Waals surface area contributed by atoms with Crippen LogP contribution in [0, 0.1) is 0 Å². The Labute approximate surface area is 577 Å². The van der Waals surface area contributed by atoms with Crippen molar-refractivity contribution in [2.45, 2.75) is 224 Å². The van der Waals surface area contributed by atoms with Gasteiger partial charge in [0.2, 0.25) is 0 Å². The van der Waals surface area contributed by atoms with Crippen LogP contribution in [0.3, 0.4) is 0 Å². The highest BCUT2D eigenvalue weighted by Gasteiger charge is 2.63. The topological polar surface area (TPSA) is 305 Å². The highest BCUT2D eigenvalue weighted by Crippen LogP contribution is 2.44. The third kappa shape index (κ3) is 19.3. The molecule has 0 aromatic heterocycles. The van der Waals surface area contributed by atoms with Gasteiger partial charge in [0.05, 0.1) is 71.3 Å². The van der Waals surface area contributed by atoms with Crippen LogP contribution < -0.4 is 0 Å². The average molecular weight is 1390 g/mol. The number of ether oxygens (including phenoxy) is 14. The molecule has 17 atom stereocenters. The molecule has 0 radical (unpaired) electrons. The van der Waals surface area contributed by atoms with Crippen molar-refractivity contribution in [3.63, 3.8) is 0 Å². The fourth-order valence-corrected chi connectivity index (χ4v) is 13.4. The molecule has 4 aromatic carbocycles. The van der Waals surface area contributed by atoms with Crippen molar-refractivity contribution in [2.75, 3.05) is 46.0 Å². The zero-order chi connectivity index (χ0) is 70.2. The lowest BCUT2D eigenvalue weighted by atomic mass is 10.1. The summed E-state index contributed by atoms with van der Waals surface area (Å²) in [6.07, 6.45) is -8.68. The first-order valence-electron chi connectivity index (χ1n) is 33.1. The molecule has 9 aliphatic heterocycles. The Hall–Kier alpha value is -7.54. The van der Waals surface area contributed by atoms with Crippen LogP contribution in [0.2, 0.25) is 0 Å². The Balaban J connectivity index is 0.000000155. The molecule has 9 aliphatic rings. The largest absolute Gasteiger partial charge is 0.458 e. The quantitative estimate of drug-likeness (QED) is 0.0945. The Kier molecular flexibility index (Phi) is 25.1. The van der Waals surface area contributed by atoms with Crippen LogP contribution in [-0.2, 0) is 102 Å². The van der Waals surface area contributed by atoms with Crippen molar-refractivity contribution in [3.05, 3.63) is 144 Å². The molecule has 3 N–H and O–H groups in total. The summed E-state index contributed by atoms with van der Waals surface area (Å²) in [6.45, 7) is 19.8. The Bertz CT molecular complexity index is 3310. The van der Waals surface area contributed by atoms with E-state index in [1.807, 2.05) is 142 Å². The molecule has 27 heteroatoms. The van der Waals surface area contributed by atoms with E-state index in [4.69, 9.17) is 66.3 Å². The van der Waals surface area contributed by atoms with Crippen LogP contribution in [0.1, 0.15) is 98.9 Å². The van der Waals surface area contributed by atoms with Gasteiger partial charge in [-0.2, -0.15) is 0 Å². The number of hydrogen-bond acceptors (Lipinski definition) is 23. The molecule has 99 heavy (non-hydrogen) atoms. The summed E-state index contributed by atoms with van der Waals surface area (Å²) in [7, 11) is 0. The summed E-state index contributed by atoms with van der Waals surface area (Å²) in [4.78, 5) is 78.5. The van der Waals surface area contributed by atoms with Crippen molar-refractivity contribution in [1.29, 1.82) is 0 Å². The second kappa shape index (κ2) is 32.8. The van der Waals surface area contributed by atoms with E-state index in [9.17, 15) is 44.1 Å². The molecule has 0 bridgehead atoms. The summed E-state index contributed by atoms with van der Waals surface area (Å²) >= 11 is 0. The number of amides is 4. The lowest BCUT2D eigenvalue weighted by molar-refractivity contribution is -0.212. The van der Waals surface area contributed by atoms with E-state index < -0.39 is 133 Å². The summed E-state index contributed by atoms with van der Waals surface area (Å²) in [5, 5.41) is 30.4. The Morgan fingerprint density at radius 3 is 1.23 bits per heavy atom. The molecule has 0 aliphatic carbocycles. The molecule has 4 aromatic rings. The van der Waals surface area contributed by atoms with Crippen LogP contribution in [0.4, 0.5) is 19.2 Å². The zero-order valence-corrected chi connectivity index (χ0v) is 56.9. The van der Waals surface area contributed by atoms with Gasteiger partial charge in [-0.1, -0.05) is 129 Å². The van der Waals surface area contributed by atoms with Gasteiger partial charge >= 0.3 is 36.3 Å². The standard InChI is InChI=1S/C21H23NO5.C20H27NO6.C17H21NO6.C13H21NO6.CH4/c23-17-14-26-20-18(25-12-15-7-3-1-4-8-15)11-22(19(17)20)21(24)27-13-16-9-5-2-6-10-16;1-13(22)26-16-12-25-18-15(24-11-14-8-6-5-7-9-14)10-21(17(16)18)19(23)27-20(2,3)4;1-17(2)23-14-12-13(22-15(14)24-17)11(19)8-18(12)16(20)21-9-10-6-4-3-5-7-10;1-7(15)19-9-6-18-11-8(16)5-14(10(9)11)12(17)20-13(2,3)4;/h1-10,17-20,23H,11-14H2;5-9,15-18H,10-12H2,1-4H3;3-7,11-15,19H,8-9H2,1-2H3;8-11,16H,5-6H2,1-4H3;1H4/t17-,18+,19+,20+;15-,16+,17-,18-;11-,12+,13-,14-,15-;8-,9+,10-,11-;/m0111./s1. The molecule has 4 amide bonds. The van der Waals surface area contributed by atoms with Crippen LogP contribution in [0.5, 0.6) is 0 Å². The minimum Gasteiger partial charge on any atom is -0.458 e. The minimum atomic E-state index is -0.798. The minimum absolute atomic E-state index is 0. The van der Waals surface area contributed by atoms with Gasteiger partial charge < -0.3 is 81.6 Å². The molecule has 0 saturated carbocycles. The normalized spacial score (nSPS) is 30.3. The van der Waals surface area contributed by atoms with Gasteiger partial charge in [-0.05, 0) is 77.6 Å². The average Bonchev–Trinajstić information content (AvgIpc) is 1.58. The predicted molar refractivity (Wildman–Crippen MR) is 352 cm³/mol. The number of β-amino-alcohol motifs (C(OH)–C–C–N with tert-alkyl or cyclic N) is 2. The summed E-state index contributed by atoms with van der Waals surface area (Å²) < 4.78 is 78.6. The number of aliphatic hydroxyl groups excluding tert-OH is 3. The van der Waals surface area contributed by atoms with Crippen molar-refractivity contribution in [1.82, 2.24) is 19.6 Å². The maximum absolute atomic E-state index is 12.7. The maximum atomic E-state index is 12.7. The lowest BCUT2D eigenvalue weighted by Crippen LogP contribution is -2.47. The molecule has 0 unspecified atom stereocenters. The first-order valence-corrected chi connectivity index (χ1v) is 33.1. The highest BCUT2D eigenvalue weighted by atomic mass is 16.8. The number of esters is 2. The second-order valence-corrected chi connectivity index (χ2v) is 27.7. The molecule has 542 valence electrons. The maximum Gasteiger partial charge on any atom is 0.410 e. The third-order valence-corrected chi connectivity index (χ3v) is 17.4. The molecular formula is C72H96N4O23. The number of hydrogen-bond donors (Lipinski definition) is 3. The number of carbonyl (C=O) groups is 6. The number of likely N-dealkylation sites (tertiary alicyclic amines) is 4. The Morgan fingerprint density at radius 1 is 0.434 bits per heavy atom. The van der Waals surface area contributed by atoms with Crippen molar-refractivity contribution in [2.24, 2.45) is 0 Å². The van der Waals surface area contributed by atoms with E-state index in [1.54, 1.807) is 44.4 Å². The van der Waals surface area contributed by atoms with E-state index in [0.29, 0.717) is 26.3 Å². The van der Waals surface area contributed by atoms with E-state index in [0.717, 1.165) is 22.3 Å². The van der Waals surface area contributed by atoms with Gasteiger partial charge in [-0.3, -0.25) is 29.2 Å². The lowest BCUT2D eigenvalue weighted by Gasteiger charge is -2.29. The van der Waals surface area contributed by atoms with Gasteiger partial charge in [0, 0.05) is 13.8 Å². The third-order valence-electron chi connectivity index (χ3n) is 17.4. The smallest absolute Gasteiger partial charge is 0.410 e. The zero-order valence-electron chi connectivity index (χ0n) is 56.9. The summed E-state index contributed by atoms with van der Waals surface area (Å²) in [6, 6.07) is 36.9. The second-order valence-electron chi connectivity index (χ2n) is 27.7. The molecular weight excluding hydrogens is 1290 g/mol. The van der Waals surface area contributed by atoms with E-state index in [2.05, 4.69) is 0 Å². The molecule has 0 spiro atoms. The first kappa shape index (κ1) is 75.7. The van der Waals surface area contributed by atoms with Crippen molar-refractivity contribution < 1.29 is 110 Å². The summed E-state index contributed by atoms with van der Waals surface area (Å²) in [5.74, 6) is -1.61. The van der Waals surface area contributed by atoms with E-state index in [1.165, 1.54) is 23.6 Å². The number of aliphatic hydroxyl groups is 3. The number of rotatable bonds is 12. The van der Waals surface area contributed by atoms with E-state index in [-0.39, 0.29) is 78.0 Å². The fourth-order valence-electron chi connectivity index (χ4n) is 13.4. The number of benzene rings is 4. The van der Waals surface area contributed by atoms with Crippen LogP contribution >= 0.6 is 0 Å². The molecule has 9 saturated heterocycles. The van der Waals surface area contributed by atoms with Crippen molar-refractivity contribution in [3.8, 4) is 0 Å². The van der Waals surface area contributed by atoms with Gasteiger partial charge in [-0.15, -0.1) is 0 Å². The fraction of sp³-hybridized carbons (Fsp3) is 0.583. The monoisotopic (exact) mass is 1380 g/mol. The van der Waals surface area contributed by atoms with Crippen LogP contribution in [0.25, 0.3) is 0 Å². The van der Waals surface area contributed by atoms with E-state index >= 15 is 0 Å². The molecule has 27 nitrogen and oxygen atoms in total. The number of carbonyl (C=O) groups excluding carboxylic acids is 6. The van der Waals surface area contributed by atoms with Gasteiger partial charge in [0.15, 0.2) is 12.1 Å². The molecule has 13 rings (SSSR count). The summed E-state index contributed by atoms with van der Waals surface area (Å²) in [5.41, 5.74) is 2.67. The van der Waals surface area contributed by atoms with Gasteiger partial charge in [0.25, 0.3) is 0 Å². The number of nitrogens with zero attached hydrogens (tertiary/aromatic N) is 4. The van der Waals surface area contributed by atoms with Crippen LogP contribution in [-0.4, -0.2) is 238 Å². The van der Waals surface area contributed by atoms with Crippen molar-refractivity contribution >= 4 is 36.3 Å². The van der Waals surface area contributed by atoms with Crippen LogP contribution in [0.15, 0.2) is 121 Å². The molecule has 9 fully saturated rings. The highest BCUT2D eigenvalue weighted by molar-refractivity contribution is 5.72. The van der Waals surface area contributed by atoms with Gasteiger partial charge in [-0.25, -0.2) is 19.2 Å².